The molecule has 1 heteroatoms. The number of hydrogen-bond acceptors (Lipinski definition) is 1. The normalized spacial score (nSPS) is 63.7. The number of hydrogen-bond donors (Lipinski definition) is 0. The van der Waals surface area contributed by atoms with Crippen molar-refractivity contribution in [1.82, 2.24) is 0 Å². The maximum absolute atomic E-state index is 5.45. The summed E-state index contributed by atoms with van der Waals surface area (Å²) in [7, 11) is 0. The molecule has 1 saturated carbocycles. The van der Waals surface area contributed by atoms with Gasteiger partial charge in [0.15, 0.2) is 0 Å². The first-order valence-corrected chi connectivity index (χ1v) is 3.87. The Bertz CT molecular complexity index is 115. The fraction of sp³-hybridized carbons (Fsp3) is 1.00. The molecule has 0 bridgehead atoms. The molecule has 1 saturated heterocycles. The Morgan fingerprint density at radius 1 is 0.778 bits per heavy atom. The molecule has 0 aromatic heterocycles. The van der Waals surface area contributed by atoms with Crippen molar-refractivity contribution in [1.29, 1.82) is 0 Å². The summed E-state index contributed by atoms with van der Waals surface area (Å²) in [6.07, 6.45) is 1.27. The summed E-state index contributed by atoms with van der Waals surface area (Å²) in [5, 5.41) is 0. The number of fused-ring (bicyclic) bond motifs is 1. The molecule has 1 aliphatic heterocycles. The van der Waals surface area contributed by atoms with Crippen LogP contribution in [-0.4, -0.2) is 12.2 Å². The Morgan fingerprint density at radius 3 is 1.44 bits per heavy atom. The molecule has 0 amide bonds. The van der Waals surface area contributed by atoms with Gasteiger partial charge in [0, 0.05) is 0 Å². The minimum atomic E-state index is 0.634. The molecule has 9 heavy (non-hydrogen) atoms. The quantitative estimate of drug-likeness (QED) is 0.450. The van der Waals surface area contributed by atoms with Gasteiger partial charge < -0.3 is 4.74 Å². The minimum absolute atomic E-state index is 0.634. The standard InChI is InChI=1S/C8H14O/c1-4-5(2)7-8(9-7)6(4)3/h4-8H,1-3H3. The fourth-order valence-corrected chi connectivity index (χ4v) is 2.06. The summed E-state index contributed by atoms with van der Waals surface area (Å²) in [5.41, 5.74) is 0. The smallest absolute Gasteiger partial charge is 0.0872 e. The highest BCUT2D eigenvalue weighted by atomic mass is 16.6. The molecular weight excluding hydrogens is 112 g/mol. The Balaban J connectivity index is 2.14. The van der Waals surface area contributed by atoms with Crippen molar-refractivity contribution in [2.45, 2.75) is 33.0 Å². The van der Waals surface area contributed by atoms with Gasteiger partial charge in [0.25, 0.3) is 0 Å². The van der Waals surface area contributed by atoms with Crippen molar-refractivity contribution in [2.75, 3.05) is 0 Å². The summed E-state index contributed by atoms with van der Waals surface area (Å²) in [5.74, 6) is 2.50. The van der Waals surface area contributed by atoms with Crippen molar-refractivity contribution < 1.29 is 4.74 Å². The monoisotopic (exact) mass is 126 g/mol. The van der Waals surface area contributed by atoms with Crippen LogP contribution in [0.5, 0.6) is 0 Å². The van der Waals surface area contributed by atoms with Gasteiger partial charge in [-0.3, -0.25) is 0 Å². The average Bonchev–Trinajstić information content (AvgIpc) is 2.56. The summed E-state index contributed by atoms with van der Waals surface area (Å²) in [4.78, 5) is 0. The summed E-state index contributed by atoms with van der Waals surface area (Å²) in [6.45, 7) is 6.95. The predicted molar refractivity (Wildman–Crippen MR) is 36.2 cm³/mol. The lowest BCUT2D eigenvalue weighted by Crippen LogP contribution is -2.13. The Labute approximate surface area is 56.4 Å². The third kappa shape index (κ3) is 0.586. The lowest BCUT2D eigenvalue weighted by atomic mass is 9.93. The van der Waals surface area contributed by atoms with E-state index in [4.69, 9.17) is 4.74 Å². The molecule has 0 aromatic rings. The van der Waals surface area contributed by atoms with Crippen LogP contribution in [-0.2, 0) is 4.74 Å². The van der Waals surface area contributed by atoms with E-state index in [1.807, 2.05) is 0 Å². The molecule has 2 aliphatic rings. The first-order valence-electron chi connectivity index (χ1n) is 3.87. The van der Waals surface area contributed by atoms with Gasteiger partial charge in [0.05, 0.1) is 12.2 Å². The maximum atomic E-state index is 5.45. The molecule has 1 nitrogen and oxygen atoms in total. The summed E-state index contributed by atoms with van der Waals surface area (Å²) < 4.78 is 5.45. The van der Waals surface area contributed by atoms with E-state index in [1.165, 1.54) is 0 Å². The van der Waals surface area contributed by atoms with Gasteiger partial charge in [0.2, 0.25) is 0 Å². The van der Waals surface area contributed by atoms with Crippen molar-refractivity contribution in [2.24, 2.45) is 17.8 Å². The van der Waals surface area contributed by atoms with Crippen LogP contribution >= 0.6 is 0 Å². The highest BCUT2D eigenvalue weighted by Crippen LogP contribution is 2.49. The van der Waals surface area contributed by atoms with E-state index in [1.54, 1.807) is 0 Å². The fourth-order valence-electron chi connectivity index (χ4n) is 2.06. The van der Waals surface area contributed by atoms with E-state index in [9.17, 15) is 0 Å². The minimum Gasteiger partial charge on any atom is -0.369 e. The first kappa shape index (κ1) is 5.72. The number of epoxide rings is 1. The van der Waals surface area contributed by atoms with Gasteiger partial charge in [-0.05, 0) is 17.8 Å². The third-order valence-electron chi connectivity index (χ3n) is 3.26. The Hall–Kier alpha value is -0.0400. The van der Waals surface area contributed by atoms with Crippen LogP contribution in [0.25, 0.3) is 0 Å². The van der Waals surface area contributed by atoms with Crippen molar-refractivity contribution in [3.05, 3.63) is 0 Å². The van der Waals surface area contributed by atoms with Gasteiger partial charge in [-0.25, -0.2) is 0 Å². The molecule has 52 valence electrons. The molecule has 0 spiro atoms. The van der Waals surface area contributed by atoms with E-state index in [0.29, 0.717) is 12.2 Å². The topological polar surface area (TPSA) is 12.5 Å². The van der Waals surface area contributed by atoms with Crippen LogP contribution in [0.4, 0.5) is 0 Å². The molecule has 1 heterocycles. The average molecular weight is 126 g/mol. The van der Waals surface area contributed by atoms with Crippen LogP contribution in [0.3, 0.4) is 0 Å². The molecule has 4 unspecified atom stereocenters. The highest BCUT2D eigenvalue weighted by molar-refractivity contribution is 5.03. The lowest BCUT2D eigenvalue weighted by Gasteiger charge is -2.16. The number of ether oxygens (including phenoxy) is 1. The van der Waals surface area contributed by atoms with Crippen LogP contribution in [0, 0.1) is 17.8 Å². The lowest BCUT2D eigenvalue weighted by molar-refractivity contribution is 0.175. The number of rotatable bonds is 0. The summed E-state index contributed by atoms with van der Waals surface area (Å²) in [6, 6.07) is 0. The van der Waals surface area contributed by atoms with E-state index < -0.39 is 0 Å². The van der Waals surface area contributed by atoms with Gasteiger partial charge in [-0.1, -0.05) is 20.8 Å². The van der Waals surface area contributed by atoms with E-state index in [0.717, 1.165) is 17.8 Å². The largest absolute Gasteiger partial charge is 0.369 e. The van der Waals surface area contributed by atoms with E-state index in [-0.39, 0.29) is 0 Å². The molecule has 1 aliphatic carbocycles. The second-order valence-corrected chi connectivity index (χ2v) is 3.64. The molecule has 2 fully saturated rings. The second-order valence-electron chi connectivity index (χ2n) is 3.64. The van der Waals surface area contributed by atoms with Crippen LogP contribution in [0.2, 0.25) is 0 Å². The Morgan fingerprint density at radius 2 is 1.22 bits per heavy atom. The van der Waals surface area contributed by atoms with Gasteiger partial charge in [-0.2, -0.15) is 0 Å². The second kappa shape index (κ2) is 1.51. The third-order valence-corrected chi connectivity index (χ3v) is 3.26. The molecule has 2 rings (SSSR count). The molecule has 0 aromatic carbocycles. The zero-order valence-corrected chi connectivity index (χ0v) is 6.29. The predicted octanol–water partition coefficient (Wildman–Crippen LogP) is 1.68. The molecule has 0 radical (unpaired) electrons. The van der Waals surface area contributed by atoms with Crippen LogP contribution in [0.1, 0.15) is 20.8 Å². The van der Waals surface area contributed by atoms with Gasteiger partial charge in [-0.15, -0.1) is 0 Å². The zero-order chi connectivity index (χ0) is 6.59. The van der Waals surface area contributed by atoms with Crippen LogP contribution < -0.4 is 0 Å². The Kier molecular flexibility index (Phi) is 0.963. The van der Waals surface area contributed by atoms with Gasteiger partial charge in [0.1, 0.15) is 0 Å². The van der Waals surface area contributed by atoms with E-state index in [2.05, 4.69) is 20.8 Å². The first-order chi connectivity index (χ1) is 4.22. The van der Waals surface area contributed by atoms with Gasteiger partial charge >= 0.3 is 0 Å². The van der Waals surface area contributed by atoms with E-state index >= 15 is 0 Å². The van der Waals surface area contributed by atoms with Crippen molar-refractivity contribution in [3.63, 3.8) is 0 Å². The molecule has 4 atom stereocenters. The van der Waals surface area contributed by atoms with Crippen molar-refractivity contribution in [3.8, 4) is 0 Å². The van der Waals surface area contributed by atoms with Crippen LogP contribution in [0.15, 0.2) is 0 Å². The zero-order valence-electron chi connectivity index (χ0n) is 6.29. The highest BCUT2D eigenvalue weighted by Gasteiger charge is 2.56. The molecular formula is C8H14O. The van der Waals surface area contributed by atoms with Crippen molar-refractivity contribution >= 4 is 0 Å². The maximum Gasteiger partial charge on any atom is 0.0872 e. The summed E-state index contributed by atoms with van der Waals surface area (Å²) >= 11 is 0. The molecule has 0 N–H and O–H groups in total. The SMILES string of the molecule is CC1C(C)C2OC2C1C.